The molecule has 0 radical (unpaired) electrons. The van der Waals surface area contributed by atoms with E-state index < -0.39 is 0 Å². The molecular weight excluding hydrogens is 262 g/mol. The number of thioether (sulfide) groups is 1. The standard InChI is InChI=1S/C13H21N3O2S/c1-10-7-11(15-18-10)8-16(2)13(17)9-19-12-3-5-14-6-4-12/h7,12,14H,3-6,8-9H2,1-2H3. The summed E-state index contributed by atoms with van der Waals surface area (Å²) in [5.74, 6) is 1.49. The number of aromatic nitrogens is 1. The number of hydrogen-bond donors (Lipinski definition) is 1. The molecule has 1 aliphatic rings. The number of nitrogens with zero attached hydrogens (tertiary/aromatic N) is 2. The molecule has 0 spiro atoms. The van der Waals surface area contributed by atoms with Crippen LogP contribution in [-0.4, -0.2) is 47.1 Å². The molecule has 0 aliphatic carbocycles. The lowest BCUT2D eigenvalue weighted by atomic mass is 10.2. The average molecular weight is 283 g/mol. The molecule has 1 fully saturated rings. The molecule has 1 N–H and O–H groups in total. The predicted octanol–water partition coefficient (Wildman–Crippen LogP) is 1.43. The summed E-state index contributed by atoms with van der Waals surface area (Å²) < 4.78 is 5.00. The van der Waals surface area contributed by atoms with Gasteiger partial charge in [-0.25, -0.2) is 0 Å². The number of rotatable bonds is 5. The summed E-state index contributed by atoms with van der Waals surface area (Å²) in [5, 5.41) is 7.86. The van der Waals surface area contributed by atoms with Crippen molar-refractivity contribution in [3.63, 3.8) is 0 Å². The van der Waals surface area contributed by atoms with Gasteiger partial charge < -0.3 is 14.7 Å². The minimum Gasteiger partial charge on any atom is -0.361 e. The lowest BCUT2D eigenvalue weighted by molar-refractivity contribution is -0.127. The fourth-order valence-electron chi connectivity index (χ4n) is 2.09. The molecule has 106 valence electrons. The number of nitrogens with one attached hydrogen (secondary N) is 1. The van der Waals surface area contributed by atoms with Crippen LogP contribution in [0.3, 0.4) is 0 Å². The Morgan fingerprint density at radius 1 is 1.58 bits per heavy atom. The van der Waals surface area contributed by atoms with Crippen LogP contribution in [-0.2, 0) is 11.3 Å². The summed E-state index contributed by atoms with van der Waals surface area (Å²) >= 11 is 1.77. The number of aryl methyl sites for hydroxylation is 1. The average Bonchev–Trinajstić information content (AvgIpc) is 2.82. The van der Waals surface area contributed by atoms with Crippen molar-refractivity contribution in [2.24, 2.45) is 0 Å². The molecule has 0 aromatic carbocycles. The smallest absolute Gasteiger partial charge is 0.232 e. The normalized spacial score (nSPS) is 16.5. The first kappa shape index (κ1) is 14.4. The third kappa shape index (κ3) is 4.54. The molecule has 19 heavy (non-hydrogen) atoms. The molecule has 0 unspecified atom stereocenters. The minimum atomic E-state index is 0.157. The molecular formula is C13H21N3O2S. The fourth-order valence-corrected chi connectivity index (χ4v) is 3.25. The third-order valence-electron chi connectivity index (χ3n) is 3.23. The summed E-state index contributed by atoms with van der Waals surface area (Å²) in [6.07, 6.45) is 2.31. The topological polar surface area (TPSA) is 58.4 Å². The largest absolute Gasteiger partial charge is 0.361 e. The monoisotopic (exact) mass is 283 g/mol. The number of piperidine rings is 1. The van der Waals surface area contributed by atoms with E-state index in [0.29, 0.717) is 17.5 Å². The SMILES string of the molecule is Cc1cc(CN(C)C(=O)CSC2CCNCC2)no1. The van der Waals surface area contributed by atoms with Crippen molar-refractivity contribution < 1.29 is 9.32 Å². The fraction of sp³-hybridized carbons (Fsp3) is 0.692. The van der Waals surface area contributed by atoms with Crippen LogP contribution in [0.25, 0.3) is 0 Å². The van der Waals surface area contributed by atoms with Crippen molar-refractivity contribution in [1.82, 2.24) is 15.4 Å². The van der Waals surface area contributed by atoms with Crippen molar-refractivity contribution in [2.45, 2.75) is 31.6 Å². The first-order valence-corrected chi connectivity index (χ1v) is 7.68. The van der Waals surface area contributed by atoms with E-state index in [-0.39, 0.29) is 5.91 Å². The van der Waals surface area contributed by atoms with Crippen molar-refractivity contribution in [2.75, 3.05) is 25.9 Å². The van der Waals surface area contributed by atoms with Crippen molar-refractivity contribution >= 4 is 17.7 Å². The number of carbonyl (C=O) groups is 1. The highest BCUT2D eigenvalue weighted by molar-refractivity contribution is 8.00. The van der Waals surface area contributed by atoms with Gasteiger partial charge >= 0.3 is 0 Å². The Morgan fingerprint density at radius 2 is 2.32 bits per heavy atom. The first-order chi connectivity index (χ1) is 9.15. The van der Waals surface area contributed by atoms with Crippen molar-refractivity contribution in [3.05, 3.63) is 17.5 Å². The van der Waals surface area contributed by atoms with Gasteiger partial charge in [0.25, 0.3) is 0 Å². The molecule has 0 atom stereocenters. The summed E-state index contributed by atoms with van der Waals surface area (Å²) in [7, 11) is 1.81. The van der Waals surface area contributed by atoms with Crippen LogP contribution >= 0.6 is 11.8 Å². The number of hydrogen-bond acceptors (Lipinski definition) is 5. The first-order valence-electron chi connectivity index (χ1n) is 6.63. The van der Waals surface area contributed by atoms with Gasteiger partial charge in [0.15, 0.2) is 0 Å². The molecule has 1 amide bonds. The van der Waals surface area contributed by atoms with Crippen LogP contribution in [0.5, 0.6) is 0 Å². The zero-order valence-corrected chi connectivity index (χ0v) is 12.3. The number of amides is 1. The minimum absolute atomic E-state index is 0.157. The van der Waals surface area contributed by atoms with Crippen LogP contribution in [0.4, 0.5) is 0 Å². The Balaban J connectivity index is 1.72. The second-order valence-corrected chi connectivity index (χ2v) is 6.23. The van der Waals surface area contributed by atoms with Crippen LogP contribution < -0.4 is 5.32 Å². The maximum Gasteiger partial charge on any atom is 0.232 e. The molecule has 0 bridgehead atoms. The Labute approximate surface area is 118 Å². The summed E-state index contributed by atoms with van der Waals surface area (Å²) in [4.78, 5) is 13.7. The Kier molecular flexibility index (Phi) is 5.27. The molecule has 5 nitrogen and oxygen atoms in total. The lowest BCUT2D eigenvalue weighted by Crippen LogP contribution is -2.32. The quantitative estimate of drug-likeness (QED) is 0.886. The van der Waals surface area contributed by atoms with Crippen LogP contribution in [0.15, 0.2) is 10.6 Å². The van der Waals surface area contributed by atoms with Crippen LogP contribution in [0, 0.1) is 6.92 Å². The second-order valence-electron chi connectivity index (χ2n) is 4.94. The van der Waals surface area contributed by atoms with E-state index >= 15 is 0 Å². The van der Waals surface area contributed by atoms with Gasteiger partial charge in [0, 0.05) is 18.4 Å². The van der Waals surface area contributed by atoms with E-state index in [1.54, 1.807) is 16.7 Å². The van der Waals surface area contributed by atoms with Gasteiger partial charge in [-0.2, -0.15) is 0 Å². The molecule has 1 saturated heterocycles. The maximum atomic E-state index is 12.0. The molecule has 2 rings (SSSR count). The molecule has 6 heteroatoms. The lowest BCUT2D eigenvalue weighted by Gasteiger charge is -2.23. The van der Waals surface area contributed by atoms with E-state index in [1.165, 1.54) is 0 Å². The zero-order chi connectivity index (χ0) is 13.7. The van der Waals surface area contributed by atoms with Gasteiger partial charge in [0.1, 0.15) is 11.5 Å². The number of carbonyl (C=O) groups excluding carboxylic acids is 1. The molecule has 1 aliphatic heterocycles. The molecule has 2 heterocycles. The van der Waals surface area contributed by atoms with Crippen molar-refractivity contribution in [3.8, 4) is 0 Å². The summed E-state index contributed by atoms with van der Waals surface area (Å²) in [6, 6.07) is 1.86. The van der Waals surface area contributed by atoms with Gasteiger partial charge in [-0.3, -0.25) is 4.79 Å². The Bertz CT molecular complexity index is 416. The van der Waals surface area contributed by atoms with Crippen LogP contribution in [0.1, 0.15) is 24.3 Å². The van der Waals surface area contributed by atoms with Crippen LogP contribution in [0.2, 0.25) is 0 Å². The predicted molar refractivity (Wildman–Crippen MR) is 76.1 cm³/mol. The van der Waals surface area contributed by atoms with E-state index in [0.717, 1.165) is 37.4 Å². The Morgan fingerprint density at radius 3 is 2.95 bits per heavy atom. The van der Waals surface area contributed by atoms with E-state index in [4.69, 9.17) is 4.52 Å². The van der Waals surface area contributed by atoms with Gasteiger partial charge in [-0.15, -0.1) is 11.8 Å². The third-order valence-corrected chi connectivity index (χ3v) is 4.59. The highest BCUT2D eigenvalue weighted by Crippen LogP contribution is 2.20. The van der Waals surface area contributed by atoms with Gasteiger partial charge in [-0.1, -0.05) is 5.16 Å². The second kappa shape index (κ2) is 6.96. The van der Waals surface area contributed by atoms with Gasteiger partial charge in [0.05, 0.1) is 12.3 Å². The van der Waals surface area contributed by atoms with Gasteiger partial charge in [-0.05, 0) is 32.9 Å². The molecule has 0 saturated carbocycles. The van der Waals surface area contributed by atoms with E-state index in [2.05, 4.69) is 10.5 Å². The highest BCUT2D eigenvalue weighted by atomic mass is 32.2. The van der Waals surface area contributed by atoms with Gasteiger partial charge in [0.2, 0.25) is 5.91 Å². The zero-order valence-electron chi connectivity index (χ0n) is 11.5. The molecule has 1 aromatic heterocycles. The molecule has 1 aromatic rings. The summed E-state index contributed by atoms with van der Waals surface area (Å²) in [6.45, 7) is 4.51. The summed E-state index contributed by atoms with van der Waals surface area (Å²) in [5.41, 5.74) is 0.806. The Hall–Kier alpha value is -1.01. The maximum absolute atomic E-state index is 12.0. The highest BCUT2D eigenvalue weighted by Gasteiger charge is 2.17. The van der Waals surface area contributed by atoms with E-state index in [9.17, 15) is 4.79 Å². The van der Waals surface area contributed by atoms with Crippen molar-refractivity contribution in [1.29, 1.82) is 0 Å². The van der Waals surface area contributed by atoms with E-state index in [1.807, 2.05) is 20.0 Å².